The minimum atomic E-state index is 1.05. The Kier molecular flexibility index (Phi) is 3.02. The molecular weight excluding hydrogens is 158 g/mol. The van der Waals surface area contributed by atoms with Crippen LogP contribution in [-0.2, 0) is 0 Å². The highest BCUT2D eigenvalue weighted by atomic mass is 14.7. The topological polar surface area (TPSA) is 12.9 Å². The summed E-state index contributed by atoms with van der Waals surface area (Å²) in [6.07, 6.45) is 5.84. The Morgan fingerprint density at radius 1 is 1.46 bits per heavy atom. The average Bonchev–Trinajstić information content (AvgIpc) is 2.10. The van der Waals surface area contributed by atoms with E-state index in [-0.39, 0.29) is 0 Å². The zero-order chi connectivity index (χ0) is 9.84. The zero-order valence-corrected chi connectivity index (χ0v) is 8.46. The second-order valence-electron chi connectivity index (χ2n) is 3.09. The number of hydrogen-bond acceptors (Lipinski definition) is 1. The molecule has 1 aromatic rings. The summed E-state index contributed by atoms with van der Waals surface area (Å²) in [7, 11) is 0. The van der Waals surface area contributed by atoms with Crippen LogP contribution in [0.4, 0.5) is 0 Å². The first-order valence-electron chi connectivity index (χ1n) is 4.41. The number of rotatable bonds is 2. The molecule has 0 radical (unpaired) electrons. The van der Waals surface area contributed by atoms with Crippen LogP contribution >= 0.6 is 0 Å². The fraction of sp³-hybridized carbons (Fsp3) is 0.250. The summed E-state index contributed by atoms with van der Waals surface area (Å²) in [6.45, 7) is 10.1. The molecule has 1 rings (SSSR count). The summed E-state index contributed by atoms with van der Waals surface area (Å²) < 4.78 is 0. The van der Waals surface area contributed by atoms with Crippen molar-refractivity contribution < 1.29 is 0 Å². The Morgan fingerprint density at radius 2 is 2.15 bits per heavy atom. The van der Waals surface area contributed by atoms with Crippen molar-refractivity contribution in [2.75, 3.05) is 0 Å². The van der Waals surface area contributed by atoms with Crippen molar-refractivity contribution in [2.24, 2.45) is 0 Å². The molecule has 0 aromatic carbocycles. The quantitative estimate of drug-likeness (QED) is 0.625. The number of nitrogens with zero attached hydrogens (tertiary/aromatic N) is 1. The van der Waals surface area contributed by atoms with Gasteiger partial charge in [0.1, 0.15) is 0 Å². The minimum absolute atomic E-state index is 1.05. The lowest BCUT2D eigenvalue weighted by Crippen LogP contribution is -1.91. The van der Waals surface area contributed by atoms with Gasteiger partial charge < -0.3 is 0 Å². The van der Waals surface area contributed by atoms with Crippen molar-refractivity contribution in [2.45, 2.75) is 20.8 Å². The van der Waals surface area contributed by atoms with Crippen LogP contribution < -0.4 is 0 Å². The number of aromatic nitrogens is 1. The molecule has 0 aliphatic carbocycles. The van der Waals surface area contributed by atoms with Crippen LogP contribution in [0.25, 0.3) is 5.57 Å². The van der Waals surface area contributed by atoms with Crippen LogP contribution in [0.5, 0.6) is 0 Å². The van der Waals surface area contributed by atoms with E-state index in [1.54, 1.807) is 0 Å². The first-order chi connectivity index (χ1) is 6.16. The van der Waals surface area contributed by atoms with Crippen LogP contribution in [0.15, 0.2) is 31.0 Å². The Morgan fingerprint density at radius 3 is 2.77 bits per heavy atom. The predicted molar refractivity (Wildman–Crippen MR) is 57.6 cm³/mol. The third-order valence-electron chi connectivity index (χ3n) is 2.17. The number of hydrogen-bond donors (Lipinski definition) is 0. The van der Waals surface area contributed by atoms with Gasteiger partial charge in [0.05, 0.1) is 0 Å². The lowest BCUT2D eigenvalue weighted by Gasteiger charge is -2.06. The van der Waals surface area contributed by atoms with Crippen molar-refractivity contribution in [1.29, 1.82) is 0 Å². The van der Waals surface area contributed by atoms with E-state index in [2.05, 4.69) is 18.5 Å². The van der Waals surface area contributed by atoms with Gasteiger partial charge in [-0.15, -0.1) is 0 Å². The van der Waals surface area contributed by atoms with Crippen molar-refractivity contribution in [3.63, 3.8) is 0 Å². The number of aryl methyl sites for hydroxylation is 1. The molecule has 1 heterocycles. The number of pyridine rings is 1. The molecule has 68 valence electrons. The fourth-order valence-electron chi connectivity index (χ4n) is 1.28. The second kappa shape index (κ2) is 4.04. The lowest BCUT2D eigenvalue weighted by atomic mass is 10.0. The van der Waals surface area contributed by atoms with Gasteiger partial charge >= 0.3 is 0 Å². The SMILES string of the molecule is C=C(/C=C\C)c1ccnc(C)c1C. The van der Waals surface area contributed by atoms with Gasteiger partial charge in [-0.3, -0.25) is 4.98 Å². The van der Waals surface area contributed by atoms with Crippen LogP contribution in [0.1, 0.15) is 23.7 Å². The molecule has 0 atom stereocenters. The average molecular weight is 173 g/mol. The lowest BCUT2D eigenvalue weighted by molar-refractivity contribution is 1.14. The van der Waals surface area contributed by atoms with Gasteiger partial charge in [-0.25, -0.2) is 0 Å². The van der Waals surface area contributed by atoms with E-state index in [0.29, 0.717) is 0 Å². The van der Waals surface area contributed by atoms with E-state index in [4.69, 9.17) is 0 Å². The highest BCUT2D eigenvalue weighted by molar-refractivity contribution is 5.74. The molecule has 0 N–H and O–H groups in total. The molecule has 1 heteroatoms. The highest BCUT2D eigenvalue weighted by Crippen LogP contribution is 2.19. The molecule has 13 heavy (non-hydrogen) atoms. The largest absolute Gasteiger partial charge is 0.261 e. The van der Waals surface area contributed by atoms with E-state index in [1.165, 1.54) is 11.1 Å². The summed E-state index contributed by atoms with van der Waals surface area (Å²) in [5, 5.41) is 0. The predicted octanol–water partition coefficient (Wildman–Crippen LogP) is 3.29. The molecule has 0 aliphatic heterocycles. The van der Waals surface area contributed by atoms with Crippen LogP contribution in [0.3, 0.4) is 0 Å². The first kappa shape index (κ1) is 9.72. The second-order valence-corrected chi connectivity index (χ2v) is 3.09. The Labute approximate surface area is 79.8 Å². The number of allylic oxidation sites excluding steroid dienone is 3. The maximum absolute atomic E-state index is 4.22. The smallest absolute Gasteiger partial charge is 0.0407 e. The van der Waals surface area contributed by atoms with Crippen LogP contribution in [0.2, 0.25) is 0 Å². The molecule has 0 saturated heterocycles. The van der Waals surface area contributed by atoms with Gasteiger partial charge in [0.15, 0.2) is 0 Å². The van der Waals surface area contributed by atoms with Gasteiger partial charge in [0.2, 0.25) is 0 Å². The van der Waals surface area contributed by atoms with Gasteiger partial charge in [-0.1, -0.05) is 18.7 Å². The monoisotopic (exact) mass is 173 g/mol. The van der Waals surface area contributed by atoms with E-state index in [9.17, 15) is 0 Å². The van der Waals surface area contributed by atoms with Crippen molar-refractivity contribution in [3.05, 3.63) is 47.8 Å². The minimum Gasteiger partial charge on any atom is -0.261 e. The molecule has 0 fully saturated rings. The standard InChI is InChI=1S/C12H15N/c1-5-6-9(2)12-7-8-13-11(4)10(12)3/h5-8H,2H2,1,3-4H3/b6-5-. The fourth-order valence-corrected chi connectivity index (χ4v) is 1.28. The Balaban J connectivity index is 3.15. The third kappa shape index (κ3) is 2.05. The molecule has 0 unspecified atom stereocenters. The molecule has 0 spiro atoms. The Bertz CT molecular complexity index is 348. The summed E-state index contributed by atoms with van der Waals surface area (Å²) >= 11 is 0. The van der Waals surface area contributed by atoms with E-state index < -0.39 is 0 Å². The maximum atomic E-state index is 4.22. The van der Waals surface area contributed by atoms with Crippen LogP contribution in [0, 0.1) is 13.8 Å². The Hall–Kier alpha value is -1.37. The molecule has 0 amide bonds. The molecule has 1 aromatic heterocycles. The summed E-state index contributed by atoms with van der Waals surface area (Å²) in [5.74, 6) is 0. The maximum Gasteiger partial charge on any atom is 0.0407 e. The van der Waals surface area contributed by atoms with Gasteiger partial charge in [-0.05, 0) is 43.5 Å². The first-order valence-corrected chi connectivity index (χ1v) is 4.41. The van der Waals surface area contributed by atoms with Gasteiger partial charge in [-0.2, -0.15) is 0 Å². The van der Waals surface area contributed by atoms with Gasteiger partial charge in [0, 0.05) is 11.9 Å². The van der Waals surface area contributed by atoms with Crippen molar-refractivity contribution in [1.82, 2.24) is 4.98 Å². The molecule has 0 bridgehead atoms. The zero-order valence-electron chi connectivity index (χ0n) is 8.46. The van der Waals surface area contributed by atoms with E-state index in [0.717, 1.165) is 11.3 Å². The third-order valence-corrected chi connectivity index (χ3v) is 2.17. The van der Waals surface area contributed by atoms with Crippen molar-refractivity contribution >= 4 is 5.57 Å². The van der Waals surface area contributed by atoms with Crippen LogP contribution in [-0.4, -0.2) is 4.98 Å². The van der Waals surface area contributed by atoms with Crippen molar-refractivity contribution in [3.8, 4) is 0 Å². The summed E-state index contributed by atoms with van der Waals surface area (Å²) in [6, 6.07) is 2.00. The molecule has 0 aliphatic rings. The highest BCUT2D eigenvalue weighted by Gasteiger charge is 2.02. The molecule has 1 nitrogen and oxygen atoms in total. The summed E-state index contributed by atoms with van der Waals surface area (Å²) in [4.78, 5) is 4.22. The summed E-state index contributed by atoms with van der Waals surface area (Å²) in [5.41, 5.74) is 4.52. The molecule has 0 saturated carbocycles. The van der Waals surface area contributed by atoms with E-state index >= 15 is 0 Å². The normalized spacial score (nSPS) is 10.7. The van der Waals surface area contributed by atoms with Gasteiger partial charge in [0.25, 0.3) is 0 Å². The van der Waals surface area contributed by atoms with E-state index in [1.807, 2.05) is 38.3 Å². The molecular formula is C12H15N.